The molecule has 0 fully saturated rings. The van der Waals surface area contributed by atoms with Gasteiger partial charge in [-0.25, -0.2) is 0 Å². The van der Waals surface area contributed by atoms with Crippen molar-refractivity contribution in [2.75, 3.05) is 4.90 Å². The highest BCUT2D eigenvalue weighted by Crippen LogP contribution is 2.38. The first-order chi connectivity index (χ1) is 14.7. The van der Waals surface area contributed by atoms with Crippen molar-refractivity contribution >= 4 is 54.9 Å². The summed E-state index contributed by atoms with van der Waals surface area (Å²) in [5.41, 5.74) is 5.15. The van der Waals surface area contributed by atoms with Gasteiger partial charge in [0.15, 0.2) is 0 Å². The fourth-order valence-electron chi connectivity index (χ4n) is 3.47. The molecule has 0 radical (unpaired) electrons. The lowest BCUT2D eigenvalue weighted by atomic mass is 10.1. The molecule has 0 unspecified atom stereocenters. The van der Waals surface area contributed by atoms with Crippen molar-refractivity contribution in [2.24, 2.45) is 0 Å². The molecule has 0 amide bonds. The Balaban J connectivity index is 0.000000687. The van der Waals surface area contributed by atoms with Crippen LogP contribution in [0.2, 0.25) is 0 Å². The minimum absolute atomic E-state index is 0.906. The maximum Gasteiger partial charge on any atom is 0.135 e. The van der Waals surface area contributed by atoms with Crippen LogP contribution in [0.15, 0.2) is 119 Å². The van der Waals surface area contributed by atoms with Crippen molar-refractivity contribution in [2.45, 2.75) is 6.92 Å². The second kappa shape index (κ2) is 9.02. The maximum atomic E-state index is 5.99. The summed E-state index contributed by atoms with van der Waals surface area (Å²) in [6.07, 6.45) is 1.75. The van der Waals surface area contributed by atoms with Gasteiger partial charge in [0, 0.05) is 32.3 Å². The number of hydrogen-bond donors (Lipinski definition) is 0. The summed E-state index contributed by atoms with van der Waals surface area (Å²) in [7, 11) is 0. The molecule has 148 valence electrons. The predicted octanol–water partition coefficient (Wildman–Crippen LogP) is 9.01. The SMILES string of the molecule is Brc1ccc(N(c2ccccc2)c2ccc3oc4ccccc4c3c2)cc1.C=CC. The summed E-state index contributed by atoms with van der Waals surface area (Å²) in [5, 5.41) is 2.26. The van der Waals surface area contributed by atoms with E-state index in [2.05, 4.69) is 100 Å². The number of anilines is 3. The number of hydrogen-bond acceptors (Lipinski definition) is 2. The smallest absolute Gasteiger partial charge is 0.135 e. The lowest BCUT2D eigenvalue weighted by Crippen LogP contribution is -2.09. The number of rotatable bonds is 3. The third kappa shape index (κ3) is 4.03. The van der Waals surface area contributed by atoms with Crippen molar-refractivity contribution in [3.05, 3.63) is 114 Å². The summed E-state index contributed by atoms with van der Waals surface area (Å²) in [5.74, 6) is 0. The molecule has 5 aromatic rings. The third-order valence-electron chi connectivity index (χ3n) is 4.72. The zero-order valence-electron chi connectivity index (χ0n) is 16.8. The molecule has 0 N–H and O–H groups in total. The Bertz CT molecular complexity index is 1270. The van der Waals surface area contributed by atoms with Gasteiger partial charge in [-0.05, 0) is 67.6 Å². The average Bonchev–Trinajstić information content (AvgIpc) is 3.15. The Kier molecular flexibility index (Phi) is 6.01. The summed E-state index contributed by atoms with van der Waals surface area (Å²) >= 11 is 3.53. The monoisotopic (exact) mass is 455 g/mol. The second-order valence-electron chi connectivity index (χ2n) is 6.83. The van der Waals surface area contributed by atoms with E-state index < -0.39 is 0 Å². The van der Waals surface area contributed by atoms with Crippen LogP contribution in [0.1, 0.15) is 6.92 Å². The van der Waals surface area contributed by atoms with Crippen LogP contribution in [-0.2, 0) is 0 Å². The molecule has 2 nitrogen and oxygen atoms in total. The van der Waals surface area contributed by atoms with Gasteiger partial charge in [0.05, 0.1) is 0 Å². The highest BCUT2D eigenvalue weighted by molar-refractivity contribution is 9.10. The van der Waals surface area contributed by atoms with Crippen molar-refractivity contribution in [1.82, 2.24) is 0 Å². The number of halogens is 1. The molecule has 0 aliphatic heterocycles. The van der Waals surface area contributed by atoms with Gasteiger partial charge in [-0.15, -0.1) is 6.58 Å². The van der Waals surface area contributed by atoms with Crippen molar-refractivity contribution in [3.63, 3.8) is 0 Å². The normalized spacial score (nSPS) is 10.5. The van der Waals surface area contributed by atoms with Gasteiger partial charge >= 0.3 is 0 Å². The van der Waals surface area contributed by atoms with Gasteiger partial charge in [-0.3, -0.25) is 0 Å². The Hall–Kier alpha value is -3.30. The first-order valence-electron chi connectivity index (χ1n) is 9.80. The lowest BCUT2D eigenvalue weighted by Gasteiger charge is -2.25. The van der Waals surface area contributed by atoms with Crippen molar-refractivity contribution in [3.8, 4) is 0 Å². The van der Waals surface area contributed by atoms with Crippen LogP contribution >= 0.6 is 15.9 Å². The molecule has 4 aromatic carbocycles. The maximum absolute atomic E-state index is 5.99. The van der Waals surface area contributed by atoms with E-state index in [1.807, 2.05) is 31.2 Å². The molecule has 30 heavy (non-hydrogen) atoms. The summed E-state index contributed by atoms with van der Waals surface area (Å²) < 4.78 is 7.05. The zero-order chi connectivity index (χ0) is 20.9. The van der Waals surface area contributed by atoms with Crippen LogP contribution in [0.4, 0.5) is 17.1 Å². The number of fused-ring (bicyclic) bond motifs is 3. The van der Waals surface area contributed by atoms with Crippen LogP contribution in [0, 0.1) is 0 Å². The molecule has 0 saturated heterocycles. The van der Waals surface area contributed by atoms with Crippen LogP contribution in [0.5, 0.6) is 0 Å². The number of furan rings is 1. The summed E-state index contributed by atoms with van der Waals surface area (Å²) in [4.78, 5) is 2.26. The van der Waals surface area contributed by atoms with E-state index in [0.29, 0.717) is 0 Å². The molecule has 0 saturated carbocycles. The number of benzene rings is 4. The Morgan fingerprint density at radius 3 is 2.00 bits per heavy atom. The van der Waals surface area contributed by atoms with E-state index in [1.165, 1.54) is 0 Å². The second-order valence-corrected chi connectivity index (χ2v) is 7.75. The third-order valence-corrected chi connectivity index (χ3v) is 5.25. The number of nitrogens with zero attached hydrogens (tertiary/aromatic N) is 1. The van der Waals surface area contributed by atoms with E-state index >= 15 is 0 Å². The molecule has 0 spiro atoms. The molecular formula is C27H22BrNO. The van der Waals surface area contributed by atoms with E-state index in [1.54, 1.807) is 6.08 Å². The largest absolute Gasteiger partial charge is 0.456 e. The summed E-state index contributed by atoms with van der Waals surface area (Å²) in [6.45, 7) is 5.25. The molecule has 0 aliphatic carbocycles. The first-order valence-corrected chi connectivity index (χ1v) is 10.6. The van der Waals surface area contributed by atoms with Gasteiger partial charge in [0.2, 0.25) is 0 Å². The van der Waals surface area contributed by atoms with Crippen LogP contribution in [-0.4, -0.2) is 0 Å². The van der Waals surface area contributed by atoms with E-state index in [0.717, 1.165) is 43.5 Å². The fraction of sp³-hybridized carbons (Fsp3) is 0.0370. The number of allylic oxidation sites excluding steroid dienone is 1. The molecule has 3 heteroatoms. The molecule has 0 atom stereocenters. The molecule has 0 bridgehead atoms. The zero-order valence-corrected chi connectivity index (χ0v) is 18.3. The molecule has 5 rings (SSSR count). The first kappa shape index (κ1) is 20.0. The van der Waals surface area contributed by atoms with Crippen LogP contribution in [0.3, 0.4) is 0 Å². The van der Waals surface area contributed by atoms with Gasteiger partial charge < -0.3 is 9.32 Å². The molecule has 1 heterocycles. The Labute approximate surface area is 185 Å². The van der Waals surface area contributed by atoms with E-state index in [4.69, 9.17) is 4.42 Å². The van der Waals surface area contributed by atoms with Crippen LogP contribution in [0.25, 0.3) is 21.9 Å². The van der Waals surface area contributed by atoms with Crippen LogP contribution < -0.4 is 4.90 Å². The number of para-hydroxylation sites is 2. The highest BCUT2D eigenvalue weighted by atomic mass is 79.9. The summed E-state index contributed by atoms with van der Waals surface area (Å²) in [6, 6.07) is 33.3. The van der Waals surface area contributed by atoms with Crippen molar-refractivity contribution in [1.29, 1.82) is 0 Å². The lowest BCUT2D eigenvalue weighted by molar-refractivity contribution is 0.669. The molecular weight excluding hydrogens is 434 g/mol. The van der Waals surface area contributed by atoms with E-state index in [-0.39, 0.29) is 0 Å². The van der Waals surface area contributed by atoms with Gasteiger partial charge in [-0.2, -0.15) is 0 Å². The molecule has 1 aromatic heterocycles. The van der Waals surface area contributed by atoms with Gasteiger partial charge in [-0.1, -0.05) is 58.4 Å². The minimum Gasteiger partial charge on any atom is -0.456 e. The van der Waals surface area contributed by atoms with E-state index in [9.17, 15) is 0 Å². The average molecular weight is 456 g/mol. The quantitative estimate of drug-likeness (QED) is 0.252. The van der Waals surface area contributed by atoms with Crippen molar-refractivity contribution < 1.29 is 4.42 Å². The molecule has 0 aliphatic rings. The fourth-order valence-corrected chi connectivity index (χ4v) is 3.73. The topological polar surface area (TPSA) is 16.4 Å². The standard InChI is InChI=1S/C24H16BrNO.C3H6/c25-17-10-12-19(13-11-17)26(18-6-2-1-3-7-18)20-14-15-24-22(16-20)21-8-4-5-9-23(21)27-24;1-3-2/h1-16H;3H,1H2,2H3. The Morgan fingerprint density at radius 2 is 1.27 bits per heavy atom. The highest BCUT2D eigenvalue weighted by Gasteiger charge is 2.14. The Morgan fingerprint density at radius 1 is 0.700 bits per heavy atom. The van der Waals surface area contributed by atoms with Gasteiger partial charge in [0.1, 0.15) is 11.2 Å². The van der Waals surface area contributed by atoms with Gasteiger partial charge in [0.25, 0.3) is 0 Å². The predicted molar refractivity (Wildman–Crippen MR) is 132 cm³/mol. The minimum atomic E-state index is 0.906.